The number of aliphatic hydroxyl groups excluding tert-OH is 1. The molecule has 1 N–H and O–H groups in total. The summed E-state index contributed by atoms with van der Waals surface area (Å²) >= 11 is 0. The molecule has 4 nitrogen and oxygen atoms in total. The highest BCUT2D eigenvalue weighted by molar-refractivity contribution is 6.18. The molecule has 0 radical (unpaired) electrons. The molecule has 3 rings (SSSR count). The third-order valence-electron chi connectivity index (χ3n) is 3.73. The van der Waals surface area contributed by atoms with Crippen LogP contribution < -0.4 is 0 Å². The first-order chi connectivity index (χ1) is 10.6. The molecule has 0 unspecified atom stereocenters. The fourth-order valence-corrected chi connectivity index (χ4v) is 2.73. The van der Waals surface area contributed by atoms with Crippen LogP contribution >= 0.6 is 0 Å². The predicted molar refractivity (Wildman–Crippen MR) is 80.1 cm³/mol. The molecule has 4 heteroatoms. The van der Waals surface area contributed by atoms with Gasteiger partial charge in [-0.1, -0.05) is 60.7 Å². The normalized spacial score (nSPS) is 16.5. The highest BCUT2D eigenvalue weighted by atomic mass is 16.6. The molecule has 0 fully saturated rings. The van der Waals surface area contributed by atoms with Crippen LogP contribution in [0.25, 0.3) is 0 Å². The molecule has 0 amide bonds. The molecular weight excluding hydrogens is 280 g/mol. The molecule has 2 aromatic carbocycles. The molecule has 0 spiro atoms. The van der Waals surface area contributed by atoms with Crippen molar-refractivity contribution < 1.29 is 19.4 Å². The Kier molecular flexibility index (Phi) is 3.29. The van der Waals surface area contributed by atoms with Gasteiger partial charge in [0.1, 0.15) is 5.57 Å². The maximum absolute atomic E-state index is 12.1. The van der Waals surface area contributed by atoms with Crippen molar-refractivity contribution in [1.29, 1.82) is 0 Å². The van der Waals surface area contributed by atoms with Crippen molar-refractivity contribution in [3.63, 3.8) is 0 Å². The molecule has 0 saturated carbocycles. The van der Waals surface area contributed by atoms with Gasteiger partial charge in [0, 0.05) is 11.1 Å². The number of carbonyl (C=O) groups is 2. The monoisotopic (exact) mass is 294 g/mol. The molecular formula is C18H14O4. The van der Waals surface area contributed by atoms with Crippen molar-refractivity contribution in [1.82, 2.24) is 0 Å². The Morgan fingerprint density at radius 2 is 1.41 bits per heavy atom. The smallest absolute Gasteiger partial charge is 0.347 e. The molecule has 0 aliphatic carbocycles. The second kappa shape index (κ2) is 5.15. The highest BCUT2D eigenvalue weighted by Crippen LogP contribution is 2.45. The predicted octanol–water partition coefficient (Wildman–Crippen LogP) is 2.89. The Labute approximate surface area is 127 Å². The van der Waals surface area contributed by atoms with Crippen molar-refractivity contribution in [3.8, 4) is 0 Å². The molecule has 22 heavy (non-hydrogen) atoms. The minimum Gasteiger partial charge on any atom is -0.506 e. The van der Waals surface area contributed by atoms with Crippen LogP contribution in [0, 0.1) is 0 Å². The Morgan fingerprint density at radius 1 is 0.955 bits per heavy atom. The molecule has 1 aliphatic rings. The van der Waals surface area contributed by atoms with E-state index in [1.165, 1.54) is 6.92 Å². The summed E-state index contributed by atoms with van der Waals surface area (Å²) in [5.41, 5.74) is -0.597. The highest BCUT2D eigenvalue weighted by Gasteiger charge is 2.52. The standard InChI is InChI=1S/C18H14O4/c1-12(19)15-16(20)18(22-17(15)21,13-8-4-2-5-9-13)14-10-6-3-7-11-14/h2-11,20H,1H3. The summed E-state index contributed by atoms with van der Waals surface area (Å²) in [5, 5.41) is 10.7. The van der Waals surface area contributed by atoms with Crippen LogP contribution in [0.4, 0.5) is 0 Å². The minimum absolute atomic E-state index is 0.298. The first-order valence-corrected chi connectivity index (χ1v) is 6.86. The Bertz CT molecular complexity index is 721. The first-order valence-electron chi connectivity index (χ1n) is 6.86. The van der Waals surface area contributed by atoms with Crippen molar-refractivity contribution in [2.24, 2.45) is 0 Å². The lowest BCUT2D eigenvalue weighted by Gasteiger charge is -2.29. The second-order valence-corrected chi connectivity index (χ2v) is 5.08. The Hall–Kier alpha value is -2.88. The van der Waals surface area contributed by atoms with Gasteiger partial charge in [-0.05, 0) is 6.92 Å². The number of hydrogen-bond donors (Lipinski definition) is 1. The average molecular weight is 294 g/mol. The number of rotatable bonds is 3. The number of cyclic esters (lactones) is 1. The third kappa shape index (κ3) is 1.92. The molecule has 2 aromatic rings. The van der Waals surface area contributed by atoms with E-state index in [0.29, 0.717) is 11.1 Å². The van der Waals surface area contributed by atoms with Gasteiger partial charge in [-0.2, -0.15) is 0 Å². The van der Waals surface area contributed by atoms with Crippen molar-refractivity contribution in [2.45, 2.75) is 12.5 Å². The van der Waals surface area contributed by atoms with Crippen LogP contribution in [0.1, 0.15) is 18.1 Å². The lowest BCUT2D eigenvalue weighted by molar-refractivity contribution is -0.146. The number of ketones is 1. The molecule has 0 bridgehead atoms. The zero-order valence-electron chi connectivity index (χ0n) is 11.9. The number of benzene rings is 2. The van der Waals surface area contributed by atoms with Gasteiger partial charge in [-0.25, -0.2) is 4.79 Å². The maximum Gasteiger partial charge on any atom is 0.347 e. The summed E-state index contributed by atoms with van der Waals surface area (Å²) in [5.74, 6) is -1.68. The molecule has 0 atom stereocenters. The Balaban J connectivity index is 2.32. The molecule has 0 aromatic heterocycles. The SMILES string of the molecule is CC(=O)C1=C(O)C(c2ccccc2)(c2ccccc2)OC1=O. The molecule has 0 saturated heterocycles. The lowest BCUT2D eigenvalue weighted by Crippen LogP contribution is -2.30. The number of Topliss-reactive ketones (excluding diaryl/α,β-unsaturated/α-hetero) is 1. The van der Waals surface area contributed by atoms with Crippen molar-refractivity contribution >= 4 is 11.8 Å². The minimum atomic E-state index is -1.47. The van der Waals surface area contributed by atoms with Crippen LogP contribution in [0.2, 0.25) is 0 Å². The van der Waals surface area contributed by atoms with E-state index in [0.717, 1.165) is 0 Å². The quantitative estimate of drug-likeness (QED) is 0.698. The van der Waals surface area contributed by atoms with E-state index in [-0.39, 0.29) is 11.3 Å². The van der Waals surface area contributed by atoms with Crippen LogP contribution in [0.3, 0.4) is 0 Å². The zero-order valence-corrected chi connectivity index (χ0v) is 11.9. The summed E-state index contributed by atoms with van der Waals surface area (Å²) in [7, 11) is 0. The van der Waals surface area contributed by atoms with Gasteiger partial charge < -0.3 is 9.84 Å². The maximum atomic E-state index is 12.1. The molecule has 1 heterocycles. The fraction of sp³-hybridized carbons (Fsp3) is 0.111. The lowest BCUT2D eigenvalue weighted by atomic mass is 9.84. The topological polar surface area (TPSA) is 63.6 Å². The van der Waals surface area contributed by atoms with Crippen LogP contribution in [-0.2, 0) is 19.9 Å². The summed E-state index contributed by atoms with van der Waals surface area (Å²) in [6, 6.07) is 17.8. The average Bonchev–Trinajstić information content (AvgIpc) is 2.81. The van der Waals surface area contributed by atoms with E-state index in [9.17, 15) is 14.7 Å². The van der Waals surface area contributed by atoms with Gasteiger partial charge in [0.05, 0.1) is 0 Å². The van der Waals surface area contributed by atoms with E-state index < -0.39 is 17.4 Å². The number of esters is 1. The van der Waals surface area contributed by atoms with E-state index >= 15 is 0 Å². The van der Waals surface area contributed by atoms with E-state index in [1.54, 1.807) is 48.5 Å². The third-order valence-corrected chi connectivity index (χ3v) is 3.73. The summed E-state index contributed by atoms with van der Waals surface area (Å²) in [6.45, 7) is 1.24. The number of hydrogen-bond acceptors (Lipinski definition) is 4. The van der Waals surface area contributed by atoms with Crippen LogP contribution in [0.15, 0.2) is 72.0 Å². The van der Waals surface area contributed by atoms with E-state index in [2.05, 4.69) is 0 Å². The largest absolute Gasteiger partial charge is 0.506 e. The van der Waals surface area contributed by atoms with E-state index in [1.807, 2.05) is 12.1 Å². The van der Waals surface area contributed by atoms with Gasteiger partial charge in [-0.3, -0.25) is 4.79 Å². The number of carbonyl (C=O) groups excluding carboxylic acids is 2. The van der Waals surface area contributed by atoms with Crippen LogP contribution in [-0.4, -0.2) is 16.9 Å². The summed E-state index contributed by atoms with van der Waals surface area (Å²) < 4.78 is 5.52. The summed E-state index contributed by atoms with van der Waals surface area (Å²) in [4.78, 5) is 23.8. The van der Waals surface area contributed by atoms with E-state index in [4.69, 9.17) is 4.74 Å². The van der Waals surface area contributed by atoms with Gasteiger partial charge in [0.15, 0.2) is 11.5 Å². The van der Waals surface area contributed by atoms with Gasteiger partial charge >= 0.3 is 5.97 Å². The number of ether oxygens (including phenoxy) is 1. The van der Waals surface area contributed by atoms with Crippen molar-refractivity contribution in [2.75, 3.05) is 0 Å². The van der Waals surface area contributed by atoms with Gasteiger partial charge in [0.25, 0.3) is 0 Å². The second-order valence-electron chi connectivity index (χ2n) is 5.08. The number of aliphatic hydroxyl groups is 1. The first kappa shape index (κ1) is 14.1. The van der Waals surface area contributed by atoms with Crippen molar-refractivity contribution in [3.05, 3.63) is 83.1 Å². The molecule has 1 aliphatic heterocycles. The Morgan fingerprint density at radius 3 is 1.77 bits per heavy atom. The molecule has 110 valence electrons. The fourth-order valence-electron chi connectivity index (χ4n) is 2.73. The van der Waals surface area contributed by atoms with Crippen LogP contribution in [0.5, 0.6) is 0 Å². The zero-order chi connectivity index (χ0) is 15.7. The van der Waals surface area contributed by atoms with Gasteiger partial charge in [0.2, 0.25) is 5.60 Å². The summed E-state index contributed by atoms with van der Waals surface area (Å²) in [6.07, 6.45) is 0. The van der Waals surface area contributed by atoms with Gasteiger partial charge in [-0.15, -0.1) is 0 Å².